The predicted molar refractivity (Wildman–Crippen MR) is 129 cm³/mol. The van der Waals surface area contributed by atoms with E-state index in [9.17, 15) is 9.59 Å². The summed E-state index contributed by atoms with van der Waals surface area (Å²) in [5.74, 6) is 0.356. The molecule has 6 heteroatoms. The van der Waals surface area contributed by atoms with Gasteiger partial charge in [-0.1, -0.05) is 75.1 Å². The average Bonchev–Trinajstić information content (AvgIpc) is 2.82. The highest BCUT2D eigenvalue weighted by atomic mass is 32.2. The van der Waals surface area contributed by atoms with E-state index in [0.717, 1.165) is 42.5 Å². The van der Waals surface area contributed by atoms with Gasteiger partial charge in [0.05, 0.1) is 23.6 Å². The molecule has 1 aromatic heterocycles. The van der Waals surface area contributed by atoms with Crippen LogP contribution in [0.1, 0.15) is 76.3 Å². The molecule has 2 aliphatic carbocycles. The van der Waals surface area contributed by atoms with Crippen molar-refractivity contribution in [2.75, 3.05) is 12.4 Å². The quantitative estimate of drug-likeness (QED) is 0.317. The molecule has 2 aromatic rings. The van der Waals surface area contributed by atoms with Crippen LogP contribution in [0.4, 0.5) is 0 Å². The predicted octanol–water partition coefficient (Wildman–Crippen LogP) is 5.66. The molecule has 0 spiro atoms. The van der Waals surface area contributed by atoms with Gasteiger partial charge in [0.1, 0.15) is 0 Å². The maximum absolute atomic E-state index is 13.7. The first-order valence-electron chi connectivity index (χ1n) is 12.1. The highest BCUT2D eigenvalue weighted by Crippen LogP contribution is 2.51. The third-order valence-corrected chi connectivity index (χ3v) is 8.02. The maximum atomic E-state index is 13.7. The van der Waals surface area contributed by atoms with Gasteiger partial charge in [-0.25, -0.2) is 4.98 Å². The second kappa shape index (κ2) is 10.2. The van der Waals surface area contributed by atoms with Gasteiger partial charge in [0.15, 0.2) is 5.16 Å². The standard InChI is InChI=1S/C26H34N2O3S/c1-3-5-15-26(19-12-7-6-8-13-19)16-18-11-9-10-14-20(18)23-22(26)24(30)28-25(27-23)32-17-21(29)31-4-2/h9-11,14,19H,3-8,12-13,15-17H2,1-2H3,(H,27,28,30)/t26-/m1/s1. The van der Waals surface area contributed by atoms with Gasteiger partial charge in [0.2, 0.25) is 0 Å². The fourth-order valence-electron chi connectivity index (χ4n) is 5.75. The number of fused-ring (bicyclic) bond motifs is 3. The summed E-state index contributed by atoms with van der Waals surface area (Å²) in [5.41, 5.74) is 3.87. The van der Waals surface area contributed by atoms with Crippen LogP contribution >= 0.6 is 11.8 Å². The third kappa shape index (κ3) is 4.52. The zero-order valence-electron chi connectivity index (χ0n) is 19.2. The molecule has 1 N–H and O–H groups in total. The molecular formula is C26H34N2O3S. The summed E-state index contributed by atoms with van der Waals surface area (Å²) in [6.07, 6.45) is 10.3. The van der Waals surface area contributed by atoms with E-state index >= 15 is 0 Å². The van der Waals surface area contributed by atoms with Crippen molar-refractivity contribution in [1.29, 1.82) is 0 Å². The van der Waals surface area contributed by atoms with E-state index in [1.54, 1.807) is 6.92 Å². The fraction of sp³-hybridized carbons (Fsp3) is 0.577. The van der Waals surface area contributed by atoms with Crippen molar-refractivity contribution in [3.8, 4) is 11.3 Å². The lowest BCUT2D eigenvalue weighted by Gasteiger charge is -2.46. The highest BCUT2D eigenvalue weighted by molar-refractivity contribution is 7.99. The number of unbranched alkanes of at least 4 members (excludes halogenated alkanes) is 1. The van der Waals surface area contributed by atoms with Gasteiger partial charge in [-0.2, -0.15) is 0 Å². The monoisotopic (exact) mass is 454 g/mol. The van der Waals surface area contributed by atoms with Crippen molar-refractivity contribution in [1.82, 2.24) is 9.97 Å². The molecule has 172 valence electrons. The van der Waals surface area contributed by atoms with Crippen LogP contribution in [-0.2, 0) is 21.4 Å². The molecule has 0 amide bonds. The van der Waals surface area contributed by atoms with Crippen LogP contribution in [0, 0.1) is 5.92 Å². The molecular weight excluding hydrogens is 420 g/mol. The van der Waals surface area contributed by atoms with Crippen molar-refractivity contribution in [2.24, 2.45) is 5.92 Å². The molecule has 0 saturated heterocycles. The Morgan fingerprint density at radius 1 is 1.22 bits per heavy atom. The summed E-state index contributed by atoms with van der Waals surface area (Å²) in [6.45, 7) is 4.37. The largest absolute Gasteiger partial charge is 0.465 e. The van der Waals surface area contributed by atoms with Gasteiger partial charge < -0.3 is 9.72 Å². The molecule has 5 nitrogen and oxygen atoms in total. The lowest BCUT2D eigenvalue weighted by atomic mass is 9.57. The molecule has 1 atom stereocenters. The van der Waals surface area contributed by atoms with Gasteiger partial charge in [0, 0.05) is 11.0 Å². The molecule has 0 aliphatic heterocycles. The van der Waals surface area contributed by atoms with Crippen molar-refractivity contribution in [2.45, 2.75) is 82.2 Å². The zero-order chi connectivity index (χ0) is 22.6. The second-order valence-electron chi connectivity index (χ2n) is 9.12. The summed E-state index contributed by atoms with van der Waals surface area (Å²) >= 11 is 1.24. The van der Waals surface area contributed by atoms with E-state index in [2.05, 4.69) is 30.1 Å². The lowest BCUT2D eigenvalue weighted by Crippen LogP contribution is -2.45. The minimum Gasteiger partial charge on any atom is -0.465 e. The summed E-state index contributed by atoms with van der Waals surface area (Å²) in [6, 6.07) is 8.41. The first-order chi connectivity index (χ1) is 15.6. The number of benzene rings is 1. The molecule has 1 saturated carbocycles. The van der Waals surface area contributed by atoms with Gasteiger partial charge in [0.25, 0.3) is 5.56 Å². The third-order valence-electron chi connectivity index (χ3n) is 7.17. The van der Waals surface area contributed by atoms with Crippen LogP contribution in [0.25, 0.3) is 11.3 Å². The number of ether oxygens (including phenoxy) is 1. The van der Waals surface area contributed by atoms with E-state index in [1.807, 2.05) is 6.07 Å². The molecule has 4 rings (SSSR count). The Morgan fingerprint density at radius 2 is 2.00 bits per heavy atom. The van der Waals surface area contributed by atoms with E-state index in [0.29, 0.717) is 17.7 Å². The Hall–Kier alpha value is -2.08. The molecule has 1 heterocycles. The fourth-order valence-corrected chi connectivity index (χ4v) is 6.41. The average molecular weight is 455 g/mol. The van der Waals surface area contributed by atoms with Gasteiger partial charge in [-0.05, 0) is 44.1 Å². The summed E-state index contributed by atoms with van der Waals surface area (Å²) in [4.78, 5) is 33.5. The first kappa shape index (κ1) is 23.1. The number of hydrogen-bond acceptors (Lipinski definition) is 5. The van der Waals surface area contributed by atoms with E-state index in [4.69, 9.17) is 9.72 Å². The van der Waals surface area contributed by atoms with Crippen molar-refractivity contribution < 1.29 is 9.53 Å². The van der Waals surface area contributed by atoms with Crippen molar-refractivity contribution in [3.63, 3.8) is 0 Å². The van der Waals surface area contributed by atoms with E-state index in [1.165, 1.54) is 49.4 Å². The van der Waals surface area contributed by atoms with Gasteiger partial charge in [-0.15, -0.1) is 0 Å². The number of thioether (sulfide) groups is 1. The van der Waals surface area contributed by atoms with Crippen molar-refractivity contribution in [3.05, 3.63) is 45.7 Å². The van der Waals surface area contributed by atoms with Crippen LogP contribution in [0.2, 0.25) is 0 Å². The second-order valence-corrected chi connectivity index (χ2v) is 10.1. The number of nitrogens with zero attached hydrogens (tertiary/aromatic N) is 1. The first-order valence-corrected chi connectivity index (χ1v) is 13.1. The Labute approximate surface area is 194 Å². The normalized spacial score (nSPS) is 20.4. The minimum atomic E-state index is -0.294. The number of carbonyl (C=O) groups is 1. The number of hydrogen-bond donors (Lipinski definition) is 1. The summed E-state index contributed by atoms with van der Waals surface area (Å²) in [7, 11) is 0. The smallest absolute Gasteiger partial charge is 0.316 e. The number of carbonyl (C=O) groups excluding carboxylic acids is 1. The Morgan fingerprint density at radius 3 is 2.75 bits per heavy atom. The number of rotatable bonds is 8. The van der Waals surface area contributed by atoms with Crippen LogP contribution in [-0.4, -0.2) is 28.3 Å². The molecule has 1 fully saturated rings. The molecule has 32 heavy (non-hydrogen) atoms. The maximum Gasteiger partial charge on any atom is 0.316 e. The Balaban J connectivity index is 1.82. The van der Waals surface area contributed by atoms with E-state index < -0.39 is 0 Å². The Kier molecular flexibility index (Phi) is 7.39. The number of aromatic nitrogens is 2. The number of H-pyrrole nitrogens is 1. The number of esters is 1. The summed E-state index contributed by atoms with van der Waals surface area (Å²) in [5, 5.41) is 0.492. The SMILES string of the molecule is CCCC[C@]1(C2CCCCC2)Cc2ccccc2-c2nc(SCC(=O)OCC)[nH]c(=O)c21. The molecule has 0 unspecified atom stereocenters. The molecule has 0 bridgehead atoms. The topological polar surface area (TPSA) is 72.0 Å². The molecule has 0 radical (unpaired) electrons. The Bertz CT molecular complexity index is 1010. The van der Waals surface area contributed by atoms with Crippen LogP contribution < -0.4 is 5.56 Å². The zero-order valence-corrected chi connectivity index (χ0v) is 20.1. The highest BCUT2D eigenvalue weighted by Gasteiger charge is 2.47. The van der Waals surface area contributed by atoms with Crippen LogP contribution in [0.15, 0.2) is 34.2 Å². The number of nitrogens with one attached hydrogen (secondary N) is 1. The summed E-state index contributed by atoms with van der Waals surface area (Å²) < 4.78 is 5.04. The number of aromatic amines is 1. The lowest BCUT2D eigenvalue weighted by molar-refractivity contribution is -0.139. The van der Waals surface area contributed by atoms with Crippen LogP contribution in [0.3, 0.4) is 0 Å². The van der Waals surface area contributed by atoms with Gasteiger partial charge in [-0.3, -0.25) is 9.59 Å². The van der Waals surface area contributed by atoms with Crippen molar-refractivity contribution >= 4 is 17.7 Å². The molecule has 1 aromatic carbocycles. The van der Waals surface area contributed by atoms with Gasteiger partial charge >= 0.3 is 5.97 Å². The molecule has 2 aliphatic rings. The van der Waals surface area contributed by atoms with Crippen LogP contribution in [0.5, 0.6) is 0 Å². The van der Waals surface area contributed by atoms with E-state index in [-0.39, 0.29) is 22.7 Å². The minimum absolute atomic E-state index is 0.0301.